The molecule has 4 heteroatoms. The van der Waals surface area contributed by atoms with Crippen LogP contribution in [0.15, 0.2) is 18.2 Å². The monoisotopic (exact) mass is 372 g/mol. The van der Waals surface area contributed by atoms with E-state index in [2.05, 4.69) is 62.7 Å². The summed E-state index contributed by atoms with van der Waals surface area (Å²) in [7, 11) is 0. The van der Waals surface area contributed by atoms with Crippen LogP contribution in [0.3, 0.4) is 0 Å². The van der Waals surface area contributed by atoms with Gasteiger partial charge in [-0.2, -0.15) is 0 Å². The largest absolute Gasteiger partial charge is 0.491 e. The Labute approximate surface area is 165 Å². The van der Waals surface area contributed by atoms with Crippen LogP contribution in [0.25, 0.3) is 0 Å². The van der Waals surface area contributed by atoms with Crippen molar-refractivity contribution < 1.29 is 9.53 Å². The van der Waals surface area contributed by atoms with Crippen LogP contribution in [-0.4, -0.2) is 32.1 Å². The van der Waals surface area contributed by atoms with Crippen molar-refractivity contribution in [3.63, 3.8) is 0 Å². The van der Waals surface area contributed by atoms with Gasteiger partial charge in [0.15, 0.2) is 0 Å². The number of benzene rings is 1. The fourth-order valence-corrected chi connectivity index (χ4v) is 2.66. The number of nitrogens with zero attached hydrogens (tertiary/aromatic N) is 1. The molecule has 0 saturated carbocycles. The summed E-state index contributed by atoms with van der Waals surface area (Å²) < 4.78 is 6.01. The van der Waals surface area contributed by atoms with E-state index in [0.717, 1.165) is 49.5 Å². The Kier molecular flexibility index (Phi) is 11.1. The summed E-state index contributed by atoms with van der Waals surface area (Å²) in [6, 6.07) is 6.11. The highest BCUT2D eigenvalue weighted by Crippen LogP contribution is 2.29. The number of anilines is 1. The van der Waals surface area contributed by atoms with E-state index in [9.17, 15) is 4.79 Å². The predicted molar refractivity (Wildman–Crippen MR) is 114 cm³/mol. The Balaban J connectivity index is 2.70. The molecule has 1 aromatic carbocycles. The number of unbranched alkanes of at least 4 members (excludes halogenated alkanes) is 1. The lowest BCUT2D eigenvalue weighted by Crippen LogP contribution is -2.24. The number of amides is 1. The van der Waals surface area contributed by atoms with E-state index >= 15 is 0 Å². The van der Waals surface area contributed by atoms with Crippen LogP contribution in [0.1, 0.15) is 65.9 Å². The zero-order valence-corrected chi connectivity index (χ0v) is 17.7. The van der Waals surface area contributed by atoms with Gasteiger partial charge in [-0.15, -0.1) is 0 Å². The molecule has 0 radical (unpaired) electrons. The first kappa shape index (κ1) is 22.9. The Hall–Kier alpha value is -2.15. The molecule has 0 aliphatic carbocycles. The lowest BCUT2D eigenvalue weighted by molar-refractivity contribution is -0.121. The van der Waals surface area contributed by atoms with Gasteiger partial charge in [-0.25, -0.2) is 0 Å². The first-order valence-corrected chi connectivity index (χ1v) is 10.3. The third-order valence-corrected chi connectivity index (χ3v) is 4.23. The van der Waals surface area contributed by atoms with E-state index in [-0.39, 0.29) is 5.91 Å². The van der Waals surface area contributed by atoms with Crippen molar-refractivity contribution in [3.05, 3.63) is 23.8 Å². The third kappa shape index (κ3) is 8.86. The summed E-state index contributed by atoms with van der Waals surface area (Å²) in [5.41, 5.74) is 2.08. The number of nitrogens with one attached hydrogen (secondary N) is 1. The van der Waals surface area contributed by atoms with E-state index < -0.39 is 0 Å². The number of hydrogen-bond donors (Lipinski definition) is 1. The topological polar surface area (TPSA) is 41.6 Å². The molecule has 1 aromatic rings. The molecular formula is C23H36N2O2. The Morgan fingerprint density at radius 1 is 1.19 bits per heavy atom. The fourth-order valence-electron chi connectivity index (χ4n) is 2.66. The normalized spacial score (nSPS) is 10.3. The number of rotatable bonds is 11. The second-order valence-corrected chi connectivity index (χ2v) is 6.93. The van der Waals surface area contributed by atoms with Crippen molar-refractivity contribution in [1.29, 1.82) is 0 Å². The van der Waals surface area contributed by atoms with Crippen molar-refractivity contribution in [2.75, 3.05) is 31.1 Å². The lowest BCUT2D eigenvalue weighted by Gasteiger charge is -2.24. The van der Waals surface area contributed by atoms with Gasteiger partial charge >= 0.3 is 0 Å². The maximum Gasteiger partial charge on any atom is 0.220 e. The minimum atomic E-state index is 0.107. The van der Waals surface area contributed by atoms with Crippen LogP contribution in [0.4, 0.5) is 5.69 Å². The Morgan fingerprint density at radius 3 is 2.56 bits per heavy atom. The second kappa shape index (κ2) is 13.1. The SMILES string of the molecule is CCCCNC(=O)CCCOc1ccc(C#CC(C)C)cc1N(CC)CC. The minimum Gasteiger partial charge on any atom is -0.491 e. The zero-order valence-electron chi connectivity index (χ0n) is 17.7. The molecule has 0 aliphatic rings. The number of hydrogen-bond acceptors (Lipinski definition) is 3. The minimum absolute atomic E-state index is 0.107. The van der Waals surface area contributed by atoms with E-state index in [1.165, 1.54) is 0 Å². The van der Waals surface area contributed by atoms with Crippen LogP contribution in [0.2, 0.25) is 0 Å². The van der Waals surface area contributed by atoms with Gasteiger partial charge < -0.3 is 15.0 Å². The standard InChI is InChI=1S/C23H36N2O2/c1-6-9-16-24-23(26)11-10-17-27-22-15-14-20(13-12-19(4)5)18-21(22)25(7-2)8-3/h14-15,18-19H,6-11,16-17H2,1-5H3,(H,24,26). The lowest BCUT2D eigenvalue weighted by atomic mass is 10.1. The van der Waals surface area contributed by atoms with Crippen LogP contribution in [0.5, 0.6) is 5.75 Å². The number of ether oxygens (including phenoxy) is 1. The van der Waals surface area contributed by atoms with E-state index in [1.54, 1.807) is 0 Å². The molecule has 1 rings (SSSR count). The highest BCUT2D eigenvalue weighted by atomic mass is 16.5. The average molecular weight is 373 g/mol. The molecule has 0 saturated heterocycles. The van der Waals surface area contributed by atoms with Crippen LogP contribution >= 0.6 is 0 Å². The Morgan fingerprint density at radius 2 is 1.93 bits per heavy atom. The summed E-state index contributed by atoms with van der Waals surface area (Å²) >= 11 is 0. The van der Waals surface area contributed by atoms with E-state index in [4.69, 9.17) is 4.74 Å². The molecular weight excluding hydrogens is 336 g/mol. The van der Waals surface area contributed by atoms with Gasteiger partial charge in [0.2, 0.25) is 5.91 Å². The highest BCUT2D eigenvalue weighted by molar-refractivity contribution is 5.75. The predicted octanol–water partition coefficient (Wildman–Crippen LogP) is 4.62. The van der Waals surface area contributed by atoms with Gasteiger partial charge in [0.1, 0.15) is 5.75 Å². The van der Waals surface area contributed by atoms with Crippen LogP contribution in [0, 0.1) is 17.8 Å². The Bertz CT molecular complexity index is 625. The summed E-state index contributed by atoms with van der Waals surface area (Å²) in [5.74, 6) is 7.77. The molecule has 0 fully saturated rings. The number of carbonyl (C=O) groups excluding carboxylic acids is 1. The van der Waals surface area contributed by atoms with Gasteiger partial charge in [-0.3, -0.25) is 4.79 Å². The molecule has 0 bridgehead atoms. The third-order valence-electron chi connectivity index (χ3n) is 4.23. The molecule has 150 valence electrons. The molecule has 0 unspecified atom stereocenters. The van der Waals surface area contributed by atoms with E-state index in [0.29, 0.717) is 25.4 Å². The van der Waals surface area contributed by atoms with Gasteiger partial charge in [0.25, 0.3) is 0 Å². The summed E-state index contributed by atoms with van der Waals surface area (Å²) in [5, 5.41) is 2.94. The van der Waals surface area contributed by atoms with Crippen LogP contribution < -0.4 is 15.0 Å². The quantitative estimate of drug-likeness (QED) is 0.455. The summed E-state index contributed by atoms with van der Waals surface area (Å²) in [6.07, 6.45) is 3.34. The maximum atomic E-state index is 11.8. The van der Waals surface area contributed by atoms with Gasteiger partial charge in [0.05, 0.1) is 12.3 Å². The molecule has 0 atom stereocenters. The molecule has 0 aromatic heterocycles. The summed E-state index contributed by atoms with van der Waals surface area (Å²) in [4.78, 5) is 14.0. The van der Waals surface area contributed by atoms with Gasteiger partial charge in [-0.05, 0) is 44.9 Å². The molecule has 27 heavy (non-hydrogen) atoms. The smallest absolute Gasteiger partial charge is 0.220 e. The van der Waals surface area contributed by atoms with Crippen molar-refractivity contribution in [1.82, 2.24) is 5.32 Å². The molecule has 4 nitrogen and oxygen atoms in total. The molecule has 1 N–H and O–H groups in total. The first-order valence-electron chi connectivity index (χ1n) is 10.3. The fraction of sp³-hybridized carbons (Fsp3) is 0.609. The van der Waals surface area contributed by atoms with Crippen molar-refractivity contribution in [2.24, 2.45) is 5.92 Å². The van der Waals surface area contributed by atoms with Gasteiger partial charge in [0, 0.05) is 37.5 Å². The maximum absolute atomic E-state index is 11.8. The molecule has 1 amide bonds. The van der Waals surface area contributed by atoms with E-state index in [1.807, 2.05) is 12.1 Å². The van der Waals surface area contributed by atoms with Crippen molar-refractivity contribution in [2.45, 2.75) is 60.3 Å². The van der Waals surface area contributed by atoms with Crippen LogP contribution in [-0.2, 0) is 4.79 Å². The average Bonchev–Trinajstić information content (AvgIpc) is 2.65. The van der Waals surface area contributed by atoms with Crippen molar-refractivity contribution >= 4 is 11.6 Å². The second-order valence-electron chi connectivity index (χ2n) is 6.93. The molecule has 0 aliphatic heterocycles. The van der Waals surface area contributed by atoms with Gasteiger partial charge in [-0.1, -0.05) is 39.0 Å². The zero-order chi connectivity index (χ0) is 20.1. The molecule has 0 spiro atoms. The summed E-state index contributed by atoms with van der Waals surface area (Å²) in [6.45, 7) is 13.7. The van der Waals surface area contributed by atoms with Crippen molar-refractivity contribution in [3.8, 4) is 17.6 Å². The molecule has 0 heterocycles. The number of carbonyl (C=O) groups is 1. The highest BCUT2D eigenvalue weighted by Gasteiger charge is 2.11. The first-order chi connectivity index (χ1) is 13.0.